The number of methoxy groups -OCH3 is 2. The summed E-state index contributed by atoms with van der Waals surface area (Å²) in [4.78, 5) is 14.0. The zero-order valence-corrected chi connectivity index (χ0v) is 19.3. The number of aryl methyl sites for hydroxylation is 1. The molecule has 0 spiro atoms. The van der Waals surface area contributed by atoms with Gasteiger partial charge in [0.25, 0.3) is 0 Å². The van der Waals surface area contributed by atoms with Gasteiger partial charge in [-0.15, -0.1) is 11.3 Å². The Hall–Kier alpha value is -2.32. The predicted molar refractivity (Wildman–Crippen MR) is 126 cm³/mol. The third-order valence-corrected chi connectivity index (χ3v) is 6.44. The van der Waals surface area contributed by atoms with Crippen LogP contribution in [0.3, 0.4) is 0 Å². The second kappa shape index (κ2) is 10.6. The molecule has 162 valence electrons. The topological polar surface area (TPSA) is 68.8 Å². The van der Waals surface area contributed by atoms with Crippen LogP contribution in [-0.4, -0.2) is 31.9 Å². The second-order valence-corrected chi connectivity index (χ2v) is 8.50. The van der Waals surface area contributed by atoms with Gasteiger partial charge < -0.3 is 24.8 Å². The Morgan fingerprint density at radius 2 is 1.87 bits per heavy atom. The highest BCUT2D eigenvalue weighted by molar-refractivity contribution is 7.80. The lowest BCUT2D eigenvalue weighted by Gasteiger charge is -2.15. The van der Waals surface area contributed by atoms with Crippen molar-refractivity contribution in [3.8, 4) is 11.5 Å². The summed E-state index contributed by atoms with van der Waals surface area (Å²) >= 11 is 7.15. The molecule has 0 aliphatic heterocycles. The number of hydrogen-bond donors (Lipinski definition) is 2. The summed E-state index contributed by atoms with van der Waals surface area (Å²) in [7, 11) is 3.21. The molecule has 0 saturated heterocycles. The molecule has 1 aromatic carbocycles. The number of hydrogen-bond acceptors (Lipinski definition) is 6. The monoisotopic (exact) mass is 448 g/mol. The summed E-state index contributed by atoms with van der Waals surface area (Å²) in [6.07, 6.45) is 6.52. The molecule has 30 heavy (non-hydrogen) atoms. The molecular formula is C22H28N2O4S2. The summed E-state index contributed by atoms with van der Waals surface area (Å²) in [6, 6.07) is 5.44. The molecule has 0 bridgehead atoms. The van der Waals surface area contributed by atoms with Crippen LogP contribution in [0.15, 0.2) is 18.2 Å². The van der Waals surface area contributed by atoms with Gasteiger partial charge >= 0.3 is 5.97 Å². The van der Waals surface area contributed by atoms with Crippen molar-refractivity contribution in [3.63, 3.8) is 0 Å². The summed E-state index contributed by atoms with van der Waals surface area (Å²) in [5.74, 6) is 1.04. The second-order valence-electron chi connectivity index (χ2n) is 6.99. The number of carbonyl (C=O) groups excluding carboxylic acids is 1. The number of ether oxygens (including phenoxy) is 3. The van der Waals surface area contributed by atoms with Crippen molar-refractivity contribution in [2.24, 2.45) is 0 Å². The van der Waals surface area contributed by atoms with E-state index in [-0.39, 0.29) is 5.97 Å². The number of anilines is 2. The van der Waals surface area contributed by atoms with Gasteiger partial charge in [0.2, 0.25) is 0 Å². The van der Waals surface area contributed by atoms with Crippen LogP contribution in [0, 0.1) is 0 Å². The molecule has 0 fully saturated rings. The Bertz CT molecular complexity index is 911. The van der Waals surface area contributed by atoms with E-state index in [4.69, 9.17) is 26.4 Å². The minimum absolute atomic E-state index is 0.292. The van der Waals surface area contributed by atoms with Crippen molar-refractivity contribution in [1.82, 2.24) is 0 Å². The third-order valence-electron chi connectivity index (χ3n) is 5.03. The molecule has 0 amide bonds. The molecule has 1 heterocycles. The van der Waals surface area contributed by atoms with Gasteiger partial charge in [-0.05, 0) is 62.5 Å². The summed E-state index contributed by atoms with van der Waals surface area (Å²) in [5.41, 5.74) is 2.42. The Morgan fingerprint density at radius 1 is 1.10 bits per heavy atom. The first kappa shape index (κ1) is 22.4. The van der Waals surface area contributed by atoms with Crippen molar-refractivity contribution < 1.29 is 19.0 Å². The molecule has 1 aromatic heterocycles. The van der Waals surface area contributed by atoms with Crippen molar-refractivity contribution in [2.75, 3.05) is 31.5 Å². The first-order valence-electron chi connectivity index (χ1n) is 10.2. The number of nitrogens with one attached hydrogen (secondary N) is 2. The number of esters is 1. The molecule has 6 nitrogen and oxygen atoms in total. The zero-order valence-electron chi connectivity index (χ0n) is 17.6. The summed E-state index contributed by atoms with van der Waals surface area (Å²) < 4.78 is 16.1. The fourth-order valence-corrected chi connectivity index (χ4v) is 5.15. The van der Waals surface area contributed by atoms with Gasteiger partial charge in [-0.1, -0.05) is 12.8 Å². The van der Waals surface area contributed by atoms with E-state index in [2.05, 4.69) is 10.6 Å². The Labute approximate surface area is 186 Å². The smallest absolute Gasteiger partial charge is 0.341 e. The maximum absolute atomic E-state index is 12.8. The first-order valence-corrected chi connectivity index (χ1v) is 11.4. The van der Waals surface area contributed by atoms with E-state index >= 15 is 0 Å². The number of thiophene rings is 1. The minimum Gasteiger partial charge on any atom is -0.497 e. The van der Waals surface area contributed by atoms with Crippen molar-refractivity contribution in [3.05, 3.63) is 34.2 Å². The first-order chi connectivity index (χ1) is 14.6. The SMILES string of the molecule is CCOC(=O)c1c(NC(=S)Nc2cc(OC)ccc2OC)sc2c1CCCCCC2. The molecule has 0 unspecified atom stereocenters. The standard InChI is InChI=1S/C22H28N2O4S2/c1-4-28-21(25)19-15-9-7-5-6-8-10-18(15)30-20(19)24-22(29)23-16-13-14(26-2)11-12-17(16)27-3/h11-13H,4-10H2,1-3H3,(H2,23,24,29). The van der Waals surface area contributed by atoms with Crippen LogP contribution in [-0.2, 0) is 17.6 Å². The van der Waals surface area contributed by atoms with E-state index in [1.165, 1.54) is 17.7 Å². The molecular weight excluding hydrogens is 420 g/mol. The molecule has 2 N–H and O–H groups in total. The van der Waals surface area contributed by atoms with Gasteiger partial charge in [0.05, 0.1) is 32.1 Å². The highest BCUT2D eigenvalue weighted by Gasteiger charge is 2.25. The van der Waals surface area contributed by atoms with Crippen LogP contribution in [0.5, 0.6) is 11.5 Å². The lowest BCUT2D eigenvalue weighted by atomic mass is 9.96. The molecule has 0 saturated carbocycles. The fraction of sp³-hybridized carbons (Fsp3) is 0.455. The molecule has 0 atom stereocenters. The van der Waals surface area contributed by atoms with Crippen LogP contribution in [0.2, 0.25) is 0 Å². The fourth-order valence-electron chi connectivity index (χ4n) is 3.60. The number of benzene rings is 1. The van der Waals surface area contributed by atoms with Gasteiger partial charge in [-0.3, -0.25) is 0 Å². The van der Waals surface area contributed by atoms with E-state index < -0.39 is 0 Å². The highest BCUT2D eigenvalue weighted by Crippen LogP contribution is 2.38. The Kier molecular flexibility index (Phi) is 7.93. The zero-order chi connectivity index (χ0) is 21.5. The van der Waals surface area contributed by atoms with E-state index in [9.17, 15) is 4.79 Å². The average Bonchev–Trinajstić information content (AvgIpc) is 3.03. The van der Waals surface area contributed by atoms with Crippen LogP contribution in [0.4, 0.5) is 10.7 Å². The quantitative estimate of drug-likeness (QED) is 0.452. The van der Waals surface area contributed by atoms with E-state index in [1.54, 1.807) is 25.6 Å². The Morgan fingerprint density at radius 3 is 2.57 bits per heavy atom. The highest BCUT2D eigenvalue weighted by atomic mass is 32.1. The molecule has 8 heteroatoms. The van der Waals surface area contributed by atoms with Crippen LogP contribution < -0.4 is 20.1 Å². The molecule has 0 radical (unpaired) electrons. The lowest BCUT2D eigenvalue weighted by molar-refractivity contribution is 0.0526. The van der Waals surface area contributed by atoms with Crippen molar-refractivity contribution in [1.29, 1.82) is 0 Å². The van der Waals surface area contributed by atoms with Gasteiger partial charge in [-0.25, -0.2) is 4.79 Å². The molecule has 2 aromatic rings. The number of carbonyl (C=O) groups is 1. The van der Waals surface area contributed by atoms with Crippen LogP contribution >= 0.6 is 23.6 Å². The molecule has 3 rings (SSSR count). The predicted octanol–water partition coefficient (Wildman–Crippen LogP) is 5.41. The van der Waals surface area contributed by atoms with Gasteiger partial charge in [-0.2, -0.15) is 0 Å². The normalized spacial score (nSPS) is 13.4. The van der Waals surface area contributed by atoms with E-state index in [1.807, 2.05) is 25.1 Å². The van der Waals surface area contributed by atoms with Crippen LogP contribution in [0.1, 0.15) is 53.4 Å². The van der Waals surface area contributed by atoms with Gasteiger partial charge in [0.1, 0.15) is 16.5 Å². The maximum Gasteiger partial charge on any atom is 0.341 e. The third kappa shape index (κ3) is 5.23. The summed E-state index contributed by atoms with van der Waals surface area (Å²) in [6.45, 7) is 2.16. The largest absolute Gasteiger partial charge is 0.497 e. The molecule has 1 aliphatic carbocycles. The number of rotatable bonds is 6. The van der Waals surface area contributed by atoms with Gasteiger partial charge in [0.15, 0.2) is 5.11 Å². The number of thiocarbonyl (C=S) groups is 1. The maximum atomic E-state index is 12.8. The van der Waals surface area contributed by atoms with Crippen molar-refractivity contribution >= 4 is 45.3 Å². The lowest BCUT2D eigenvalue weighted by Crippen LogP contribution is -2.21. The van der Waals surface area contributed by atoms with Gasteiger partial charge in [0, 0.05) is 10.9 Å². The van der Waals surface area contributed by atoms with E-state index in [0.29, 0.717) is 34.5 Å². The summed E-state index contributed by atoms with van der Waals surface area (Å²) in [5, 5.41) is 7.50. The minimum atomic E-state index is -0.292. The molecule has 1 aliphatic rings. The number of fused-ring (bicyclic) bond motifs is 1. The average molecular weight is 449 g/mol. The Balaban J connectivity index is 1.87. The van der Waals surface area contributed by atoms with Crippen LogP contribution in [0.25, 0.3) is 0 Å². The van der Waals surface area contributed by atoms with E-state index in [0.717, 1.165) is 36.2 Å². The van der Waals surface area contributed by atoms with Crippen molar-refractivity contribution in [2.45, 2.75) is 45.4 Å².